The summed E-state index contributed by atoms with van der Waals surface area (Å²) in [7, 11) is -3.87. The first-order chi connectivity index (χ1) is 20.3. The number of epoxide rings is 1. The standard InChI is InChI=1S/C34H58O7Si3/c1-21(28-18-24-17-26(36-4)14-15-27(24)31(28)35)16-29-34(41-44(11,12)13)33(40-43(8,9)10)25(20-37-29)19-30-32(38-30)22(2)23(3)39-42(5,6)7/h14-15,17,22-23,25,29-30,32-34H,16,18-20H2,1-13H3/t22-,23+,25+,29+,30+,32+,33-,34-/m1/s1. The largest absolute Gasteiger partial charge is 0.497 e. The van der Waals surface area contributed by atoms with Gasteiger partial charge in [0.1, 0.15) is 5.75 Å². The SMILES string of the molecule is COc1ccc2c(c1)CC(=C(C)C[C@@H]1OC[C@H](C[C@@H]3O[C@H]3[C@H](C)[C@H](C)O[Si](C)(C)C)[C@@H](O[Si](C)(C)C)[C@@H]1O[Si](C)(C)C)C2=O. The molecular formula is C34H58O7Si3. The molecule has 0 radical (unpaired) electrons. The van der Waals surface area contributed by atoms with Gasteiger partial charge in [-0.05, 0) is 109 Å². The van der Waals surface area contributed by atoms with Crippen molar-refractivity contribution in [2.24, 2.45) is 11.8 Å². The zero-order valence-corrected chi connectivity index (χ0v) is 32.5. The third kappa shape index (κ3) is 9.24. The second-order valence-corrected chi connectivity index (χ2v) is 29.6. The molecule has 0 N–H and O–H groups in total. The average molecular weight is 663 g/mol. The van der Waals surface area contributed by atoms with E-state index in [2.05, 4.69) is 79.7 Å². The quantitative estimate of drug-likeness (QED) is 0.122. The van der Waals surface area contributed by atoms with E-state index in [1.54, 1.807) is 7.11 Å². The Bertz CT molecular complexity index is 1210. The van der Waals surface area contributed by atoms with E-state index in [1.807, 2.05) is 18.2 Å². The third-order valence-electron chi connectivity index (χ3n) is 8.83. The molecule has 10 heteroatoms. The maximum absolute atomic E-state index is 13.4. The molecule has 2 fully saturated rings. The van der Waals surface area contributed by atoms with Gasteiger partial charge >= 0.3 is 0 Å². The molecule has 2 aliphatic heterocycles. The Morgan fingerprint density at radius 2 is 1.57 bits per heavy atom. The summed E-state index contributed by atoms with van der Waals surface area (Å²) in [5.41, 5.74) is 3.74. The number of hydrogen-bond acceptors (Lipinski definition) is 7. The van der Waals surface area contributed by atoms with Gasteiger partial charge in [0.15, 0.2) is 30.7 Å². The lowest BCUT2D eigenvalue weighted by Gasteiger charge is -2.47. The van der Waals surface area contributed by atoms with Crippen LogP contribution in [0.4, 0.5) is 0 Å². The molecule has 1 aromatic rings. The summed E-state index contributed by atoms with van der Waals surface area (Å²) in [5, 5.41) is 0. The molecule has 2 saturated heterocycles. The fraction of sp³-hybridized carbons (Fsp3) is 0.735. The van der Waals surface area contributed by atoms with Crippen molar-refractivity contribution in [2.75, 3.05) is 13.7 Å². The van der Waals surface area contributed by atoms with Crippen molar-refractivity contribution in [3.05, 3.63) is 40.5 Å². The summed E-state index contributed by atoms with van der Waals surface area (Å²) in [6.07, 6.45) is 2.23. The van der Waals surface area contributed by atoms with Crippen LogP contribution in [0.3, 0.4) is 0 Å². The van der Waals surface area contributed by atoms with Crippen molar-refractivity contribution in [1.29, 1.82) is 0 Å². The minimum Gasteiger partial charge on any atom is -0.497 e. The number of Topliss-reactive ketones (excluding diaryl/α,β-unsaturated/α-hetero) is 1. The molecular weight excluding hydrogens is 605 g/mol. The summed E-state index contributed by atoms with van der Waals surface area (Å²) in [6.45, 7) is 27.3. The highest BCUT2D eigenvalue weighted by atomic mass is 28.4. The maximum Gasteiger partial charge on any atom is 0.189 e. The van der Waals surface area contributed by atoms with Crippen LogP contribution < -0.4 is 4.74 Å². The van der Waals surface area contributed by atoms with E-state index >= 15 is 0 Å². The van der Waals surface area contributed by atoms with Crippen LogP contribution in [0.2, 0.25) is 58.9 Å². The Balaban J connectivity index is 1.54. The lowest BCUT2D eigenvalue weighted by molar-refractivity contribution is -0.152. The molecule has 7 nitrogen and oxygen atoms in total. The van der Waals surface area contributed by atoms with Gasteiger partial charge in [-0.25, -0.2) is 0 Å². The normalized spacial score (nSPS) is 30.2. The highest BCUT2D eigenvalue weighted by molar-refractivity contribution is 6.70. The summed E-state index contributed by atoms with van der Waals surface area (Å²) in [5.74, 6) is 1.40. The highest BCUT2D eigenvalue weighted by Gasteiger charge is 2.51. The molecule has 1 aliphatic carbocycles. The van der Waals surface area contributed by atoms with Crippen molar-refractivity contribution in [3.63, 3.8) is 0 Å². The van der Waals surface area contributed by atoms with Crippen molar-refractivity contribution in [1.82, 2.24) is 0 Å². The summed E-state index contributed by atoms with van der Waals surface area (Å²) < 4.78 is 38.8. The molecule has 4 rings (SSSR count). The average Bonchev–Trinajstić information content (AvgIpc) is 3.57. The first kappa shape index (κ1) is 35.7. The monoisotopic (exact) mass is 662 g/mol. The van der Waals surface area contributed by atoms with Gasteiger partial charge in [-0.3, -0.25) is 4.79 Å². The van der Waals surface area contributed by atoms with E-state index < -0.39 is 25.0 Å². The maximum atomic E-state index is 13.4. The summed E-state index contributed by atoms with van der Waals surface area (Å²) >= 11 is 0. The number of rotatable bonds is 13. The van der Waals surface area contributed by atoms with E-state index in [0.29, 0.717) is 25.4 Å². The second-order valence-electron chi connectivity index (χ2n) is 16.2. The van der Waals surface area contributed by atoms with Gasteiger partial charge in [0.25, 0.3) is 0 Å². The minimum absolute atomic E-state index is 0.0820. The van der Waals surface area contributed by atoms with Gasteiger partial charge in [-0.2, -0.15) is 0 Å². The fourth-order valence-electron chi connectivity index (χ4n) is 6.72. The molecule has 2 heterocycles. The van der Waals surface area contributed by atoms with Crippen LogP contribution in [-0.2, 0) is 29.2 Å². The molecule has 0 unspecified atom stereocenters. The van der Waals surface area contributed by atoms with Gasteiger partial charge in [0, 0.05) is 35.5 Å². The van der Waals surface area contributed by atoms with Crippen LogP contribution in [0.25, 0.3) is 0 Å². The topological polar surface area (TPSA) is 75.8 Å². The first-order valence-corrected chi connectivity index (χ1v) is 26.7. The lowest BCUT2D eigenvalue weighted by Crippen LogP contribution is -2.58. The molecule has 0 aromatic heterocycles. The summed E-state index contributed by atoms with van der Waals surface area (Å²) in [6, 6.07) is 5.74. The van der Waals surface area contributed by atoms with Crippen molar-refractivity contribution in [2.45, 2.75) is 136 Å². The van der Waals surface area contributed by atoms with Crippen LogP contribution >= 0.6 is 0 Å². The summed E-state index contributed by atoms with van der Waals surface area (Å²) in [4.78, 5) is 13.4. The Morgan fingerprint density at radius 3 is 2.16 bits per heavy atom. The number of ketones is 1. The van der Waals surface area contributed by atoms with Crippen LogP contribution in [0.15, 0.2) is 29.3 Å². The molecule has 0 amide bonds. The van der Waals surface area contributed by atoms with Crippen LogP contribution in [0, 0.1) is 11.8 Å². The first-order valence-electron chi connectivity index (χ1n) is 16.5. The number of carbonyl (C=O) groups excluding carboxylic acids is 1. The third-order valence-corrected chi connectivity index (χ3v) is 11.9. The van der Waals surface area contributed by atoms with Crippen LogP contribution in [0.1, 0.15) is 49.5 Å². The molecule has 0 spiro atoms. The zero-order chi connectivity index (χ0) is 32.8. The molecule has 0 bridgehead atoms. The number of methoxy groups -OCH3 is 1. The van der Waals surface area contributed by atoms with E-state index in [9.17, 15) is 4.79 Å². The number of carbonyl (C=O) groups is 1. The van der Waals surface area contributed by atoms with E-state index in [1.165, 1.54) is 0 Å². The molecule has 3 aliphatic rings. The predicted octanol–water partition coefficient (Wildman–Crippen LogP) is 7.63. The van der Waals surface area contributed by atoms with Gasteiger partial charge < -0.3 is 27.5 Å². The lowest BCUT2D eigenvalue weighted by atomic mass is 9.85. The van der Waals surface area contributed by atoms with Crippen molar-refractivity contribution < 1.29 is 32.3 Å². The number of ether oxygens (including phenoxy) is 3. The van der Waals surface area contributed by atoms with Crippen LogP contribution in [-0.4, -0.2) is 81.1 Å². The van der Waals surface area contributed by atoms with Crippen molar-refractivity contribution >= 4 is 30.7 Å². The minimum atomic E-state index is -1.97. The number of fused-ring (bicyclic) bond motifs is 1. The van der Waals surface area contributed by atoms with Crippen molar-refractivity contribution in [3.8, 4) is 5.75 Å². The number of hydrogen-bond donors (Lipinski definition) is 0. The second kappa shape index (κ2) is 13.5. The molecule has 44 heavy (non-hydrogen) atoms. The number of allylic oxidation sites excluding steroid dienone is 1. The van der Waals surface area contributed by atoms with Crippen LogP contribution in [0.5, 0.6) is 5.75 Å². The highest BCUT2D eigenvalue weighted by Crippen LogP contribution is 2.42. The predicted molar refractivity (Wildman–Crippen MR) is 184 cm³/mol. The fourth-order valence-corrected chi connectivity index (χ4v) is 10.3. The van der Waals surface area contributed by atoms with E-state index in [4.69, 9.17) is 27.5 Å². The Labute approximate surface area is 269 Å². The Kier molecular flexibility index (Phi) is 11.0. The van der Waals surface area contributed by atoms with Gasteiger partial charge in [-0.15, -0.1) is 0 Å². The molecule has 8 atom stereocenters. The smallest absolute Gasteiger partial charge is 0.189 e. The van der Waals surface area contributed by atoms with E-state index in [0.717, 1.165) is 34.4 Å². The van der Waals surface area contributed by atoms with Gasteiger partial charge in [-0.1, -0.05) is 12.5 Å². The molecule has 248 valence electrons. The Hall–Kier alpha value is -1.12. The van der Waals surface area contributed by atoms with E-state index in [-0.39, 0.29) is 48.3 Å². The molecule has 1 aromatic carbocycles. The zero-order valence-electron chi connectivity index (χ0n) is 29.5. The Morgan fingerprint density at radius 1 is 0.932 bits per heavy atom. The number of benzene rings is 1. The van der Waals surface area contributed by atoms with Gasteiger partial charge in [0.05, 0.1) is 44.2 Å². The molecule has 0 saturated carbocycles. The van der Waals surface area contributed by atoms with Gasteiger partial charge in [0.2, 0.25) is 0 Å².